The van der Waals surface area contributed by atoms with E-state index in [1.165, 1.54) is 32.1 Å². The molecule has 2 fully saturated rings. The van der Waals surface area contributed by atoms with E-state index in [2.05, 4.69) is 46.0 Å². The van der Waals surface area contributed by atoms with Crippen molar-refractivity contribution < 1.29 is 9.53 Å². The lowest BCUT2D eigenvalue weighted by molar-refractivity contribution is -0.0280. The minimum absolute atomic E-state index is 0.263. The highest BCUT2D eigenvalue weighted by Gasteiger charge is 2.47. The van der Waals surface area contributed by atoms with E-state index in [0.29, 0.717) is 18.4 Å². The summed E-state index contributed by atoms with van der Waals surface area (Å²) in [6, 6.07) is 0. The maximum absolute atomic E-state index is 11.2. The summed E-state index contributed by atoms with van der Waals surface area (Å²) in [5, 5.41) is 11.4. The van der Waals surface area contributed by atoms with Crippen LogP contribution >= 0.6 is 0 Å². The molecule has 3 atom stereocenters. The van der Waals surface area contributed by atoms with Gasteiger partial charge in [-0.2, -0.15) is 0 Å². The molecule has 2 nitrogen and oxygen atoms in total. The van der Waals surface area contributed by atoms with E-state index in [-0.39, 0.29) is 5.04 Å². The van der Waals surface area contributed by atoms with Crippen molar-refractivity contribution in [1.82, 2.24) is 0 Å². The third-order valence-corrected chi connectivity index (χ3v) is 11.0. The molecular weight excluding hydrogens is 288 g/mol. The molecule has 0 aromatic carbocycles. The van der Waals surface area contributed by atoms with Crippen LogP contribution in [0.15, 0.2) is 12.2 Å². The van der Waals surface area contributed by atoms with Gasteiger partial charge in [-0.3, -0.25) is 0 Å². The summed E-state index contributed by atoms with van der Waals surface area (Å²) in [4.78, 5) is 0. The van der Waals surface area contributed by atoms with Crippen molar-refractivity contribution in [2.75, 3.05) is 6.61 Å². The predicted octanol–water partition coefficient (Wildman–Crippen LogP) is 5.29. The molecule has 1 N–H and O–H groups in total. The van der Waals surface area contributed by atoms with Crippen LogP contribution in [0.4, 0.5) is 0 Å². The van der Waals surface area contributed by atoms with Crippen molar-refractivity contribution in [2.24, 2.45) is 11.8 Å². The normalized spacial score (nSPS) is 33.9. The smallest absolute Gasteiger partial charge is 0.192 e. The van der Waals surface area contributed by atoms with Gasteiger partial charge < -0.3 is 9.53 Å². The molecule has 0 radical (unpaired) electrons. The largest absolute Gasteiger partial charge is 0.413 e. The Balaban J connectivity index is 1.91. The summed E-state index contributed by atoms with van der Waals surface area (Å²) < 4.78 is 6.22. The molecule has 2 rings (SSSR count). The molecule has 22 heavy (non-hydrogen) atoms. The summed E-state index contributed by atoms with van der Waals surface area (Å²) in [7, 11) is -1.66. The quantitative estimate of drug-likeness (QED) is 0.562. The average Bonchev–Trinajstić information content (AvgIpc) is 2.58. The molecule has 0 saturated heterocycles. The van der Waals surface area contributed by atoms with Gasteiger partial charge in [0, 0.05) is 5.92 Å². The Hall–Kier alpha value is -0.123. The molecule has 3 heteroatoms. The first kappa shape index (κ1) is 18.2. The summed E-state index contributed by atoms with van der Waals surface area (Å²) >= 11 is 0. The minimum Gasteiger partial charge on any atom is -0.413 e. The Labute approximate surface area is 138 Å². The molecule has 2 aliphatic rings. The average molecular weight is 325 g/mol. The molecule has 2 aliphatic carbocycles. The molecule has 0 heterocycles. The summed E-state index contributed by atoms with van der Waals surface area (Å²) in [5.41, 5.74) is -0.427. The van der Waals surface area contributed by atoms with Crippen molar-refractivity contribution in [3.8, 4) is 0 Å². The fraction of sp³-hybridized carbons (Fsp3) is 0.895. The van der Waals surface area contributed by atoms with E-state index < -0.39 is 13.9 Å². The van der Waals surface area contributed by atoms with Gasteiger partial charge in [-0.15, -0.1) is 0 Å². The van der Waals surface area contributed by atoms with Gasteiger partial charge in [-0.05, 0) is 49.7 Å². The van der Waals surface area contributed by atoms with Gasteiger partial charge in [-0.25, -0.2) is 0 Å². The summed E-state index contributed by atoms with van der Waals surface area (Å²) in [6.07, 6.45) is 12.8. The van der Waals surface area contributed by atoms with Crippen LogP contribution in [0.5, 0.6) is 0 Å². The second-order valence-corrected chi connectivity index (χ2v) is 13.8. The van der Waals surface area contributed by atoms with Crippen LogP contribution < -0.4 is 0 Å². The molecule has 0 spiro atoms. The molecule has 0 unspecified atom stereocenters. The number of fused-ring (bicyclic) bond motifs is 1. The molecule has 128 valence electrons. The van der Waals surface area contributed by atoms with Crippen LogP contribution in [0.3, 0.4) is 0 Å². The highest BCUT2D eigenvalue weighted by molar-refractivity contribution is 6.74. The van der Waals surface area contributed by atoms with Crippen LogP contribution in [0.2, 0.25) is 18.1 Å². The van der Waals surface area contributed by atoms with E-state index in [1.807, 2.05) is 0 Å². The standard InChI is InChI=1S/C19H36O2Si/c1-18(2,3)22(4,5)21-15-9-11-17-13-12-16-10-7-6-8-14-19(16,17)20/h9,11,16-17,20H,6-8,10,12-15H2,1-5H3/b11-9+/t16-,17+,19+/m1/s1. The van der Waals surface area contributed by atoms with Gasteiger partial charge >= 0.3 is 0 Å². The fourth-order valence-electron chi connectivity index (χ4n) is 3.90. The maximum Gasteiger partial charge on any atom is 0.192 e. The number of hydrogen-bond donors (Lipinski definition) is 1. The van der Waals surface area contributed by atoms with Gasteiger partial charge in [0.25, 0.3) is 0 Å². The first-order chi connectivity index (χ1) is 10.2. The van der Waals surface area contributed by atoms with Crippen LogP contribution in [0.25, 0.3) is 0 Å². The van der Waals surface area contributed by atoms with E-state index in [4.69, 9.17) is 4.43 Å². The zero-order valence-electron chi connectivity index (χ0n) is 15.3. The lowest BCUT2D eigenvalue weighted by Crippen LogP contribution is -2.41. The number of aliphatic hydroxyl groups is 1. The zero-order valence-corrected chi connectivity index (χ0v) is 16.3. The van der Waals surface area contributed by atoms with Crippen molar-refractivity contribution in [3.05, 3.63) is 12.2 Å². The Morgan fingerprint density at radius 1 is 1.14 bits per heavy atom. The molecular formula is C19H36O2Si. The van der Waals surface area contributed by atoms with Crippen LogP contribution in [-0.4, -0.2) is 25.6 Å². The van der Waals surface area contributed by atoms with Crippen LogP contribution in [0.1, 0.15) is 65.7 Å². The first-order valence-corrected chi connectivity index (χ1v) is 12.1. The summed E-state index contributed by atoms with van der Waals surface area (Å²) in [5.74, 6) is 0.879. The van der Waals surface area contributed by atoms with E-state index in [1.54, 1.807) is 0 Å². The lowest BCUT2D eigenvalue weighted by Gasteiger charge is -2.36. The van der Waals surface area contributed by atoms with E-state index >= 15 is 0 Å². The van der Waals surface area contributed by atoms with Gasteiger partial charge in [0.15, 0.2) is 8.32 Å². The van der Waals surface area contributed by atoms with Crippen molar-refractivity contribution in [1.29, 1.82) is 0 Å². The van der Waals surface area contributed by atoms with Crippen molar-refractivity contribution in [2.45, 2.75) is 89.5 Å². The van der Waals surface area contributed by atoms with Gasteiger partial charge in [0.1, 0.15) is 0 Å². The predicted molar refractivity (Wildman–Crippen MR) is 96.5 cm³/mol. The molecule has 0 aromatic heterocycles. The second-order valence-electron chi connectivity index (χ2n) is 8.97. The second kappa shape index (κ2) is 6.78. The molecule has 0 bridgehead atoms. The molecule has 0 aromatic rings. The third-order valence-electron chi connectivity index (χ3n) is 6.52. The number of rotatable bonds is 4. The monoisotopic (exact) mass is 324 g/mol. The first-order valence-electron chi connectivity index (χ1n) is 9.20. The third kappa shape index (κ3) is 3.85. The molecule has 2 saturated carbocycles. The fourth-order valence-corrected chi connectivity index (χ4v) is 4.84. The van der Waals surface area contributed by atoms with Crippen molar-refractivity contribution >= 4 is 8.32 Å². The van der Waals surface area contributed by atoms with Gasteiger partial charge in [0.2, 0.25) is 0 Å². The highest BCUT2D eigenvalue weighted by atomic mass is 28.4. The Morgan fingerprint density at radius 3 is 2.55 bits per heavy atom. The van der Waals surface area contributed by atoms with Crippen LogP contribution in [0, 0.1) is 11.8 Å². The zero-order chi connectivity index (χ0) is 16.4. The SMILES string of the molecule is CC(C)(C)[Si](C)(C)OC/C=C/[C@H]1CC[C@H]2CCCCC[C@]21O. The Bertz CT molecular complexity index is 397. The van der Waals surface area contributed by atoms with E-state index in [9.17, 15) is 5.11 Å². The Kier molecular flexibility index (Phi) is 5.62. The summed E-state index contributed by atoms with van der Waals surface area (Å²) in [6.45, 7) is 12.1. The number of hydrogen-bond acceptors (Lipinski definition) is 2. The van der Waals surface area contributed by atoms with E-state index in [0.717, 1.165) is 12.8 Å². The minimum atomic E-state index is -1.66. The lowest BCUT2D eigenvalue weighted by atomic mass is 9.80. The van der Waals surface area contributed by atoms with Crippen LogP contribution in [-0.2, 0) is 4.43 Å². The maximum atomic E-state index is 11.2. The van der Waals surface area contributed by atoms with Gasteiger partial charge in [-0.1, -0.05) is 52.2 Å². The topological polar surface area (TPSA) is 29.5 Å². The van der Waals surface area contributed by atoms with Crippen molar-refractivity contribution in [3.63, 3.8) is 0 Å². The molecule has 0 aliphatic heterocycles. The highest BCUT2D eigenvalue weighted by Crippen LogP contribution is 2.48. The Morgan fingerprint density at radius 2 is 1.86 bits per heavy atom. The van der Waals surface area contributed by atoms with Gasteiger partial charge in [0.05, 0.1) is 12.2 Å². The molecule has 0 amide bonds.